The second kappa shape index (κ2) is 8.94. The van der Waals surface area contributed by atoms with Crippen LogP contribution in [0.1, 0.15) is 47.3 Å². The van der Waals surface area contributed by atoms with Crippen molar-refractivity contribution in [2.75, 3.05) is 5.32 Å². The summed E-state index contributed by atoms with van der Waals surface area (Å²) in [6.07, 6.45) is 2.10. The molecule has 0 saturated carbocycles. The summed E-state index contributed by atoms with van der Waals surface area (Å²) in [5.74, 6) is -0.0311. The molecule has 2 aromatic carbocycles. The average Bonchev–Trinajstić information content (AvgIpc) is 2.56. The van der Waals surface area contributed by atoms with E-state index in [9.17, 15) is 9.59 Å². The highest BCUT2D eigenvalue weighted by molar-refractivity contribution is 5.96. The average molecular weight is 351 g/mol. The molecule has 2 rings (SSSR count). The van der Waals surface area contributed by atoms with Crippen LogP contribution >= 0.6 is 0 Å². The monoisotopic (exact) mass is 351 g/mol. The maximum absolute atomic E-state index is 12.1. The number of hydrogen-bond acceptors (Lipinski definition) is 3. The first-order valence-electron chi connectivity index (χ1n) is 8.65. The standard InChI is InChI=1S/C21H25N3O2/c1-14(2)11-20(25)23-19-9-7-17(8-10-19)21(26)24-22-13-18-6-5-15(3)12-16(18)4/h5-10,12-14H,11H2,1-4H3,(H,23,25)(H,24,26). The van der Waals surface area contributed by atoms with E-state index in [0.717, 1.165) is 11.1 Å². The molecule has 2 amide bonds. The molecule has 0 heterocycles. The molecular weight excluding hydrogens is 326 g/mol. The van der Waals surface area contributed by atoms with E-state index in [0.29, 0.717) is 23.6 Å². The number of anilines is 1. The Balaban J connectivity index is 1.93. The van der Waals surface area contributed by atoms with Gasteiger partial charge in [-0.25, -0.2) is 5.43 Å². The van der Waals surface area contributed by atoms with Crippen LogP contribution in [-0.2, 0) is 4.79 Å². The number of carbonyl (C=O) groups is 2. The normalized spacial score (nSPS) is 11.0. The van der Waals surface area contributed by atoms with Crippen LogP contribution in [0.2, 0.25) is 0 Å². The molecule has 0 aromatic heterocycles. The van der Waals surface area contributed by atoms with Crippen LogP contribution in [0.5, 0.6) is 0 Å². The fraction of sp³-hybridized carbons (Fsp3) is 0.286. The molecule has 0 saturated heterocycles. The number of nitrogens with zero attached hydrogens (tertiary/aromatic N) is 1. The lowest BCUT2D eigenvalue weighted by Crippen LogP contribution is -2.18. The predicted molar refractivity (Wildman–Crippen MR) is 106 cm³/mol. The highest BCUT2D eigenvalue weighted by Gasteiger charge is 2.07. The number of benzene rings is 2. The molecule has 26 heavy (non-hydrogen) atoms. The summed E-state index contributed by atoms with van der Waals surface area (Å²) in [4.78, 5) is 23.9. The molecule has 0 aliphatic carbocycles. The summed E-state index contributed by atoms with van der Waals surface area (Å²) in [6, 6.07) is 12.8. The predicted octanol–water partition coefficient (Wildman–Crippen LogP) is 4.05. The van der Waals surface area contributed by atoms with E-state index in [2.05, 4.69) is 21.9 Å². The highest BCUT2D eigenvalue weighted by atomic mass is 16.2. The van der Waals surface area contributed by atoms with Gasteiger partial charge in [0.25, 0.3) is 5.91 Å². The van der Waals surface area contributed by atoms with E-state index in [-0.39, 0.29) is 11.8 Å². The molecule has 5 heteroatoms. The van der Waals surface area contributed by atoms with Crippen molar-refractivity contribution in [1.82, 2.24) is 5.43 Å². The summed E-state index contributed by atoms with van der Waals surface area (Å²) in [6.45, 7) is 8.02. The fourth-order valence-electron chi connectivity index (χ4n) is 2.48. The van der Waals surface area contributed by atoms with Crippen molar-refractivity contribution in [1.29, 1.82) is 0 Å². The van der Waals surface area contributed by atoms with Crippen molar-refractivity contribution in [2.24, 2.45) is 11.0 Å². The van der Waals surface area contributed by atoms with Gasteiger partial charge in [-0.1, -0.05) is 37.6 Å². The first-order chi connectivity index (χ1) is 12.3. The van der Waals surface area contributed by atoms with E-state index >= 15 is 0 Å². The molecule has 5 nitrogen and oxygen atoms in total. The summed E-state index contributed by atoms with van der Waals surface area (Å²) >= 11 is 0. The van der Waals surface area contributed by atoms with Gasteiger partial charge in [0, 0.05) is 17.7 Å². The van der Waals surface area contributed by atoms with Crippen LogP contribution in [-0.4, -0.2) is 18.0 Å². The number of rotatable bonds is 6. The Morgan fingerprint density at radius 2 is 1.77 bits per heavy atom. The second-order valence-electron chi connectivity index (χ2n) is 6.78. The molecule has 0 unspecified atom stereocenters. The molecule has 0 bridgehead atoms. The highest BCUT2D eigenvalue weighted by Crippen LogP contribution is 2.11. The lowest BCUT2D eigenvalue weighted by molar-refractivity contribution is -0.116. The minimum atomic E-state index is -0.300. The first kappa shape index (κ1) is 19.4. The SMILES string of the molecule is Cc1ccc(C=NNC(=O)c2ccc(NC(=O)CC(C)C)cc2)c(C)c1. The van der Waals surface area contributed by atoms with Gasteiger partial charge in [-0.3, -0.25) is 9.59 Å². The zero-order valence-corrected chi connectivity index (χ0v) is 15.7. The zero-order valence-electron chi connectivity index (χ0n) is 15.7. The minimum Gasteiger partial charge on any atom is -0.326 e. The Morgan fingerprint density at radius 1 is 1.08 bits per heavy atom. The third-order valence-corrected chi connectivity index (χ3v) is 3.82. The molecule has 0 atom stereocenters. The number of nitrogens with one attached hydrogen (secondary N) is 2. The van der Waals surface area contributed by atoms with Crippen LogP contribution in [0.4, 0.5) is 5.69 Å². The van der Waals surface area contributed by atoms with Crippen LogP contribution in [0.3, 0.4) is 0 Å². The molecule has 0 aliphatic heterocycles. The molecule has 2 aromatic rings. The molecule has 0 spiro atoms. The fourth-order valence-corrected chi connectivity index (χ4v) is 2.48. The van der Waals surface area contributed by atoms with Crippen LogP contribution in [0, 0.1) is 19.8 Å². The van der Waals surface area contributed by atoms with Gasteiger partial charge < -0.3 is 5.32 Å². The van der Waals surface area contributed by atoms with Gasteiger partial charge in [-0.15, -0.1) is 0 Å². The first-order valence-corrected chi connectivity index (χ1v) is 8.65. The number of amides is 2. The quantitative estimate of drug-likeness (QED) is 0.609. The number of hydrogen-bond donors (Lipinski definition) is 2. The van der Waals surface area contributed by atoms with E-state index < -0.39 is 0 Å². The Kier molecular flexibility index (Phi) is 6.67. The van der Waals surface area contributed by atoms with E-state index in [1.54, 1.807) is 30.5 Å². The van der Waals surface area contributed by atoms with E-state index in [4.69, 9.17) is 0 Å². The lowest BCUT2D eigenvalue weighted by Gasteiger charge is -2.07. The molecular formula is C21H25N3O2. The molecule has 2 N–H and O–H groups in total. The van der Waals surface area contributed by atoms with Crippen LogP contribution < -0.4 is 10.7 Å². The minimum absolute atomic E-state index is 0.0322. The van der Waals surface area contributed by atoms with Crippen molar-refractivity contribution in [3.63, 3.8) is 0 Å². The van der Waals surface area contributed by atoms with Gasteiger partial charge in [0.1, 0.15) is 0 Å². The maximum Gasteiger partial charge on any atom is 0.271 e. The molecule has 0 fully saturated rings. The number of carbonyl (C=O) groups excluding carboxylic acids is 2. The van der Waals surface area contributed by atoms with Crippen molar-refractivity contribution in [3.8, 4) is 0 Å². The Labute approximate surface area is 154 Å². The third kappa shape index (κ3) is 5.84. The van der Waals surface area contributed by atoms with Crippen LogP contribution in [0.25, 0.3) is 0 Å². The van der Waals surface area contributed by atoms with Crippen LogP contribution in [0.15, 0.2) is 47.6 Å². The summed E-state index contributed by atoms with van der Waals surface area (Å²) < 4.78 is 0. The topological polar surface area (TPSA) is 70.6 Å². The summed E-state index contributed by atoms with van der Waals surface area (Å²) in [5, 5.41) is 6.83. The molecule has 136 valence electrons. The van der Waals surface area contributed by atoms with Gasteiger partial charge in [0.2, 0.25) is 5.91 Å². The Morgan fingerprint density at radius 3 is 2.38 bits per heavy atom. The van der Waals surface area contributed by atoms with Crippen molar-refractivity contribution >= 4 is 23.7 Å². The second-order valence-corrected chi connectivity index (χ2v) is 6.78. The smallest absolute Gasteiger partial charge is 0.271 e. The number of hydrazone groups is 1. The van der Waals surface area contributed by atoms with Crippen molar-refractivity contribution < 1.29 is 9.59 Å². The van der Waals surface area contributed by atoms with Crippen molar-refractivity contribution in [2.45, 2.75) is 34.1 Å². The van der Waals surface area contributed by atoms with E-state index in [1.807, 2.05) is 39.8 Å². The molecule has 0 aliphatic rings. The van der Waals surface area contributed by atoms with Crippen molar-refractivity contribution in [3.05, 3.63) is 64.7 Å². The molecule has 0 radical (unpaired) electrons. The Hall–Kier alpha value is -2.95. The zero-order chi connectivity index (χ0) is 19.1. The van der Waals surface area contributed by atoms with Gasteiger partial charge in [0.05, 0.1) is 6.21 Å². The number of aryl methyl sites for hydroxylation is 2. The maximum atomic E-state index is 12.1. The van der Waals surface area contributed by atoms with Gasteiger partial charge in [-0.05, 0) is 55.2 Å². The van der Waals surface area contributed by atoms with E-state index in [1.165, 1.54) is 5.56 Å². The third-order valence-electron chi connectivity index (χ3n) is 3.82. The largest absolute Gasteiger partial charge is 0.326 e. The van der Waals surface area contributed by atoms with Gasteiger partial charge >= 0.3 is 0 Å². The Bertz CT molecular complexity index is 809. The summed E-state index contributed by atoms with van der Waals surface area (Å²) in [7, 11) is 0. The summed E-state index contributed by atoms with van der Waals surface area (Å²) in [5.41, 5.74) is 6.91. The lowest BCUT2D eigenvalue weighted by atomic mass is 10.1. The van der Waals surface area contributed by atoms with Gasteiger partial charge in [-0.2, -0.15) is 5.10 Å². The van der Waals surface area contributed by atoms with Gasteiger partial charge in [0.15, 0.2) is 0 Å².